The van der Waals surface area contributed by atoms with Crippen LogP contribution in [0.4, 0.5) is 10.6 Å². The van der Waals surface area contributed by atoms with Crippen molar-refractivity contribution in [2.24, 2.45) is 7.05 Å². The summed E-state index contributed by atoms with van der Waals surface area (Å²) in [5.41, 5.74) is 6.00. The normalized spacial score (nSPS) is 15.8. The van der Waals surface area contributed by atoms with E-state index >= 15 is 0 Å². The molecule has 1 amide bonds. The first-order valence-electron chi connectivity index (χ1n) is 12.1. The van der Waals surface area contributed by atoms with Crippen LogP contribution >= 0.6 is 0 Å². The number of nitrogens with zero attached hydrogens (tertiary/aromatic N) is 3. The lowest BCUT2D eigenvalue weighted by Gasteiger charge is -2.30. The van der Waals surface area contributed by atoms with Gasteiger partial charge in [-0.15, -0.1) is 0 Å². The first-order valence-corrected chi connectivity index (χ1v) is 12.1. The Labute approximate surface area is 209 Å². The van der Waals surface area contributed by atoms with Crippen molar-refractivity contribution in [2.45, 2.75) is 25.3 Å². The van der Waals surface area contributed by atoms with Crippen LogP contribution in [0.15, 0.2) is 48.5 Å². The fraction of sp³-hybridized carbons (Fsp3) is 0.370. The van der Waals surface area contributed by atoms with E-state index in [1.54, 1.807) is 4.68 Å². The quantitative estimate of drug-likeness (QED) is 0.524. The van der Waals surface area contributed by atoms with Gasteiger partial charge in [-0.3, -0.25) is 4.68 Å². The van der Waals surface area contributed by atoms with Gasteiger partial charge in [0.1, 0.15) is 18.5 Å². The van der Waals surface area contributed by atoms with Crippen molar-refractivity contribution < 1.29 is 24.2 Å². The molecule has 9 heteroatoms. The number of aliphatic carboxylic acids is 1. The van der Waals surface area contributed by atoms with E-state index in [4.69, 9.17) is 9.47 Å². The van der Waals surface area contributed by atoms with E-state index in [1.807, 2.05) is 50.4 Å². The van der Waals surface area contributed by atoms with Crippen molar-refractivity contribution in [1.29, 1.82) is 0 Å². The predicted octanol–water partition coefficient (Wildman–Crippen LogP) is 3.10. The van der Waals surface area contributed by atoms with E-state index in [-0.39, 0.29) is 18.9 Å². The SMILES string of the molecule is Cc1nn(C)c(N2CCOCC2)c1CC(NC(=O)OCC1c2ccccc2-c2ccccc21)C(=O)O. The van der Waals surface area contributed by atoms with E-state index in [9.17, 15) is 14.7 Å². The second kappa shape index (κ2) is 10.0. The molecule has 2 aliphatic rings. The number of rotatable bonds is 7. The Morgan fingerprint density at radius 1 is 1.11 bits per heavy atom. The molecule has 0 bridgehead atoms. The molecule has 5 rings (SSSR count). The summed E-state index contributed by atoms with van der Waals surface area (Å²) in [6.07, 6.45) is -0.648. The number of aryl methyl sites for hydroxylation is 2. The van der Waals surface area contributed by atoms with Gasteiger partial charge in [0.15, 0.2) is 0 Å². The summed E-state index contributed by atoms with van der Waals surface area (Å²) in [6.45, 7) is 4.57. The Kier molecular flexibility index (Phi) is 6.65. The van der Waals surface area contributed by atoms with Crippen molar-refractivity contribution in [3.63, 3.8) is 0 Å². The predicted molar refractivity (Wildman–Crippen MR) is 134 cm³/mol. The van der Waals surface area contributed by atoms with E-state index in [1.165, 1.54) is 0 Å². The van der Waals surface area contributed by atoms with Crippen molar-refractivity contribution in [3.05, 3.63) is 70.9 Å². The van der Waals surface area contributed by atoms with E-state index in [0.717, 1.165) is 39.3 Å². The lowest BCUT2D eigenvalue weighted by atomic mass is 9.98. The topological polar surface area (TPSA) is 106 Å². The number of carbonyl (C=O) groups excluding carboxylic acids is 1. The zero-order chi connectivity index (χ0) is 25.2. The standard InChI is InChI=1S/C27H30N4O5/c1-17-22(25(30(2)29-17)31-11-13-35-14-12-31)15-24(26(32)33)28-27(34)36-16-23-20-9-5-3-7-18(20)19-8-4-6-10-21(19)23/h3-10,23-24H,11-16H2,1-2H3,(H,28,34)(H,32,33). The highest BCUT2D eigenvalue weighted by atomic mass is 16.5. The lowest BCUT2D eigenvalue weighted by molar-refractivity contribution is -0.139. The van der Waals surface area contributed by atoms with Gasteiger partial charge in [-0.25, -0.2) is 9.59 Å². The molecule has 1 aliphatic heterocycles. The third kappa shape index (κ3) is 4.54. The monoisotopic (exact) mass is 490 g/mol. The summed E-state index contributed by atoms with van der Waals surface area (Å²) >= 11 is 0. The minimum atomic E-state index is -1.15. The van der Waals surface area contributed by atoms with E-state index in [0.29, 0.717) is 26.3 Å². The Morgan fingerprint density at radius 3 is 2.33 bits per heavy atom. The maximum Gasteiger partial charge on any atom is 0.407 e. The maximum absolute atomic E-state index is 12.8. The summed E-state index contributed by atoms with van der Waals surface area (Å²) in [4.78, 5) is 27.0. The first-order chi connectivity index (χ1) is 17.4. The minimum Gasteiger partial charge on any atom is -0.480 e. The molecule has 0 spiro atoms. The number of hydrogen-bond acceptors (Lipinski definition) is 6. The summed E-state index contributed by atoms with van der Waals surface area (Å²) in [6, 6.07) is 15.0. The molecule has 1 aromatic heterocycles. The zero-order valence-electron chi connectivity index (χ0n) is 20.4. The molecule has 0 saturated carbocycles. The number of morpholine rings is 1. The fourth-order valence-corrected chi connectivity index (χ4v) is 5.29. The molecular formula is C27H30N4O5. The molecule has 0 radical (unpaired) electrons. The Bertz CT molecular complexity index is 1240. The average molecular weight is 491 g/mol. The number of carboxylic acid groups (broad SMARTS) is 1. The number of carboxylic acids is 1. The number of anilines is 1. The molecule has 188 valence electrons. The maximum atomic E-state index is 12.8. The molecule has 1 fully saturated rings. The largest absolute Gasteiger partial charge is 0.480 e. The number of ether oxygens (including phenoxy) is 2. The molecule has 2 N–H and O–H groups in total. The van der Waals surface area contributed by atoms with Gasteiger partial charge in [-0.1, -0.05) is 48.5 Å². The molecule has 1 saturated heterocycles. The van der Waals surface area contributed by atoms with Gasteiger partial charge in [-0.05, 0) is 29.2 Å². The van der Waals surface area contributed by atoms with Crippen LogP contribution in [-0.2, 0) is 27.7 Å². The van der Waals surface area contributed by atoms with Crippen LogP contribution in [0.1, 0.15) is 28.3 Å². The number of amides is 1. The third-order valence-electron chi connectivity index (χ3n) is 6.97. The highest BCUT2D eigenvalue weighted by Gasteiger charge is 2.31. The second-order valence-corrected chi connectivity index (χ2v) is 9.18. The number of nitrogens with one attached hydrogen (secondary N) is 1. The highest BCUT2D eigenvalue weighted by Crippen LogP contribution is 2.44. The summed E-state index contributed by atoms with van der Waals surface area (Å²) < 4.78 is 12.8. The number of fused-ring (bicyclic) bond motifs is 3. The minimum absolute atomic E-state index is 0.0973. The van der Waals surface area contributed by atoms with Gasteiger partial charge < -0.3 is 24.8 Å². The number of alkyl carbamates (subject to hydrolysis) is 1. The molecular weight excluding hydrogens is 460 g/mol. The Balaban J connectivity index is 1.28. The average Bonchev–Trinajstić information content (AvgIpc) is 3.35. The second-order valence-electron chi connectivity index (χ2n) is 9.18. The van der Waals surface area contributed by atoms with Gasteiger partial charge in [0.25, 0.3) is 0 Å². The molecule has 1 aliphatic carbocycles. The van der Waals surface area contributed by atoms with Crippen LogP contribution in [0.3, 0.4) is 0 Å². The van der Waals surface area contributed by atoms with Gasteiger partial charge in [0.2, 0.25) is 0 Å². The third-order valence-corrected chi connectivity index (χ3v) is 6.97. The molecule has 2 heterocycles. The summed E-state index contributed by atoms with van der Waals surface area (Å²) in [7, 11) is 1.84. The Morgan fingerprint density at radius 2 is 1.72 bits per heavy atom. The van der Waals surface area contributed by atoms with Crippen molar-refractivity contribution in [3.8, 4) is 11.1 Å². The molecule has 1 atom stereocenters. The fourth-order valence-electron chi connectivity index (χ4n) is 5.29. The van der Waals surface area contributed by atoms with Crippen LogP contribution in [0.5, 0.6) is 0 Å². The number of benzene rings is 2. The number of aromatic nitrogens is 2. The van der Waals surface area contributed by atoms with Crippen molar-refractivity contribution in [1.82, 2.24) is 15.1 Å². The summed E-state index contributed by atoms with van der Waals surface area (Å²) in [5, 5.41) is 17.0. The molecule has 2 aromatic carbocycles. The van der Waals surface area contributed by atoms with Crippen molar-refractivity contribution in [2.75, 3.05) is 37.8 Å². The van der Waals surface area contributed by atoms with Crippen LogP contribution in [0.25, 0.3) is 11.1 Å². The molecule has 36 heavy (non-hydrogen) atoms. The van der Waals surface area contributed by atoms with Gasteiger partial charge in [0, 0.05) is 38.0 Å². The molecule has 9 nitrogen and oxygen atoms in total. The molecule has 1 unspecified atom stereocenters. The van der Waals surface area contributed by atoms with Crippen LogP contribution in [0.2, 0.25) is 0 Å². The first kappa shape index (κ1) is 23.9. The number of carbonyl (C=O) groups is 2. The van der Waals surface area contributed by atoms with Crippen LogP contribution in [-0.4, -0.2) is 65.9 Å². The molecule has 3 aromatic rings. The Hall–Kier alpha value is -3.85. The van der Waals surface area contributed by atoms with Crippen LogP contribution < -0.4 is 10.2 Å². The van der Waals surface area contributed by atoms with E-state index in [2.05, 4.69) is 27.4 Å². The van der Waals surface area contributed by atoms with Gasteiger partial charge >= 0.3 is 12.1 Å². The zero-order valence-corrected chi connectivity index (χ0v) is 20.4. The van der Waals surface area contributed by atoms with Gasteiger partial charge in [-0.2, -0.15) is 5.10 Å². The van der Waals surface area contributed by atoms with Crippen molar-refractivity contribution >= 4 is 17.9 Å². The van der Waals surface area contributed by atoms with Gasteiger partial charge in [0.05, 0.1) is 18.9 Å². The van der Waals surface area contributed by atoms with E-state index < -0.39 is 18.1 Å². The summed E-state index contributed by atoms with van der Waals surface area (Å²) in [5.74, 6) is -0.365. The highest BCUT2D eigenvalue weighted by molar-refractivity contribution is 5.81. The van der Waals surface area contributed by atoms with Crippen LogP contribution in [0, 0.1) is 6.92 Å². The number of hydrogen-bond donors (Lipinski definition) is 2. The lowest BCUT2D eigenvalue weighted by Crippen LogP contribution is -2.43. The smallest absolute Gasteiger partial charge is 0.407 e.